The Balaban J connectivity index is 2.07. The van der Waals surface area contributed by atoms with Crippen molar-refractivity contribution in [3.05, 3.63) is 58.2 Å². The SMILES string of the molecule is COc1ccc(Cn2nc(C(F)(F)F)c3ccc(Br)cc32)cc1. The van der Waals surface area contributed by atoms with E-state index in [1.54, 1.807) is 43.5 Å². The number of hydrogen-bond donors (Lipinski definition) is 0. The van der Waals surface area contributed by atoms with E-state index in [-0.39, 0.29) is 11.9 Å². The number of fused-ring (bicyclic) bond motifs is 1. The molecule has 0 N–H and O–H groups in total. The molecule has 7 heteroatoms. The molecule has 1 heterocycles. The van der Waals surface area contributed by atoms with Gasteiger partial charge in [0.2, 0.25) is 0 Å². The molecule has 2 aromatic carbocycles. The van der Waals surface area contributed by atoms with Crippen molar-refractivity contribution < 1.29 is 17.9 Å². The van der Waals surface area contributed by atoms with Crippen LogP contribution in [0, 0.1) is 0 Å². The Bertz CT molecular complexity index is 841. The van der Waals surface area contributed by atoms with Gasteiger partial charge in [-0.05, 0) is 35.9 Å². The van der Waals surface area contributed by atoms with Crippen molar-refractivity contribution in [2.24, 2.45) is 0 Å². The van der Waals surface area contributed by atoms with Gasteiger partial charge < -0.3 is 4.74 Å². The zero-order valence-electron chi connectivity index (χ0n) is 12.1. The van der Waals surface area contributed by atoms with Crippen LogP contribution in [0.15, 0.2) is 46.9 Å². The highest BCUT2D eigenvalue weighted by Crippen LogP contribution is 2.35. The van der Waals surface area contributed by atoms with Gasteiger partial charge in [-0.2, -0.15) is 18.3 Å². The van der Waals surface area contributed by atoms with Crippen LogP contribution in [0.5, 0.6) is 5.75 Å². The van der Waals surface area contributed by atoms with Crippen molar-refractivity contribution >= 4 is 26.8 Å². The summed E-state index contributed by atoms with van der Waals surface area (Å²) >= 11 is 3.29. The van der Waals surface area contributed by atoms with Gasteiger partial charge in [0, 0.05) is 9.86 Å². The highest BCUT2D eigenvalue weighted by atomic mass is 79.9. The van der Waals surface area contributed by atoms with E-state index in [1.807, 2.05) is 0 Å². The second kappa shape index (κ2) is 5.88. The van der Waals surface area contributed by atoms with Gasteiger partial charge in [0.25, 0.3) is 0 Å². The van der Waals surface area contributed by atoms with Crippen LogP contribution >= 0.6 is 15.9 Å². The van der Waals surface area contributed by atoms with E-state index < -0.39 is 11.9 Å². The maximum absolute atomic E-state index is 13.2. The van der Waals surface area contributed by atoms with E-state index in [1.165, 1.54) is 10.7 Å². The van der Waals surface area contributed by atoms with Crippen LogP contribution in [-0.2, 0) is 12.7 Å². The first kappa shape index (κ1) is 15.9. The number of benzene rings is 2. The van der Waals surface area contributed by atoms with Crippen LogP contribution in [0.1, 0.15) is 11.3 Å². The molecule has 0 bridgehead atoms. The molecule has 0 saturated carbocycles. The molecule has 0 unspecified atom stereocenters. The summed E-state index contributed by atoms with van der Waals surface area (Å²) in [5, 5.41) is 3.87. The number of aromatic nitrogens is 2. The zero-order valence-corrected chi connectivity index (χ0v) is 13.6. The lowest BCUT2D eigenvalue weighted by Gasteiger charge is -2.06. The van der Waals surface area contributed by atoms with Crippen LogP contribution < -0.4 is 4.74 Å². The van der Waals surface area contributed by atoms with Crippen LogP contribution in [-0.4, -0.2) is 16.9 Å². The van der Waals surface area contributed by atoms with E-state index in [0.717, 1.165) is 5.56 Å². The summed E-state index contributed by atoms with van der Waals surface area (Å²) in [6.45, 7) is 0.243. The molecule has 0 amide bonds. The molecule has 23 heavy (non-hydrogen) atoms. The van der Waals surface area contributed by atoms with Crippen LogP contribution in [0.3, 0.4) is 0 Å². The van der Waals surface area contributed by atoms with Gasteiger partial charge in [-0.1, -0.05) is 28.1 Å². The number of halogens is 4. The van der Waals surface area contributed by atoms with E-state index in [0.29, 0.717) is 15.7 Å². The first-order valence-electron chi connectivity index (χ1n) is 6.74. The van der Waals surface area contributed by atoms with Gasteiger partial charge in [0.15, 0.2) is 5.69 Å². The molecule has 3 aromatic rings. The summed E-state index contributed by atoms with van der Waals surface area (Å²) in [5.74, 6) is 0.692. The Morgan fingerprint density at radius 3 is 2.43 bits per heavy atom. The van der Waals surface area contributed by atoms with Gasteiger partial charge in [-0.25, -0.2) is 0 Å². The Kier molecular flexibility index (Phi) is 4.06. The first-order chi connectivity index (χ1) is 10.9. The van der Waals surface area contributed by atoms with E-state index in [9.17, 15) is 13.2 Å². The Morgan fingerprint density at radius 1 is 1.13 bits per heavy atom. The number of methoxy groups -OCH3 is 1. The summed E-state index contributed by atoms with van der Waals surface area (Å²) in [6.07, 6.45) is -4.49. The van der Waals surface area contributed by atoms with E-state index in [4.69, 9.17) is 4.74 Å². The number of rotatable bonds is 3. The summed E-state index contributed by atoms with van der Waals surface area (Å²) < 4.78 is 46.6. The monoisotopic (exact) mass is 384 g/mol. The number of alkyl halides is 3. The third-order valence-corrected chi connectivity index (χ3v) is 3.97. The summed E-state index contributed by atoms with van der Waals surface area (Å²) in [5.41, 5.74) is 0.403. The van der Waals surface area contributed by atoms with Crippen LogP contribution in [0.25, 0.3) is 10.9 Å². The van der Waals surface area contributed by atoms with Crippen molar-refractivity contribution in [3.8, 4) is 5.75 Å². The third-order valence-electron chi connectivity index (χ3n) is 3.47. The average Bonchev–Trinajstić information content (AvgIpc) is 2.86. The molecule has 0 spiro atoms. The topological polar surface area (TPSA) is 27.1 Å². The molecule has 3 nitrogen and oxygen atoms in total. The Labute approximate surface area is 138 Å². The van der Waals surface area contributed by atoms with Gasteiger partial charge in [0.1, 0.15) is 5.75 Å². The predicted octanol–water partition coefficient (Wildman–Crippen LogP) is 4.87. The van der Waals surface area contributed by atoms with Crippen molar-refractivity contribution in [1.82, 2.24) is 9.78 Å². The summed E-state index contributed by atoms with van der Waals surface area (Å²) in [4.78, 5) is 0. The Hall–Kier alpha value is -2.02. The molecule has 0 saturated heterocycles. The molecular weight excluding hydrogens is 373 g/mol. The lowest BCUT2D eigenvalue weighted by molar-refractivity contribution is -0.140. The van der Waals surface area contributed by atoms with Crippen molar-refractivity contribution in [3.63, 3.8) is 0 Å². The van der Waals surface area contributed by atoms with Crippen molar-refractivity contribution in [1.29, 1.82) is 0 Å². The smallest absolute Gasteiger partial charge is 0.435 e. The molecule has 0 atom stereocenters. The lowest BCUT2D eigenvalue weighted by Crippen LogP contribution is -2.08. The third kappa shape index (κ3) is 3.19. The maximum Gasteiger partial charge on any atom is 0.435 e. The van der Waals surface area contributed by atoms with Gasteiger partial charge in [-0.15, -0.1) is 0 Å². The second-order valence-electron chi connectivity index (χ2n) is 5.01. The molecule has 0 radical (unpaired) electrons. The highest BCUT2D eigenvalue weighted by molar-refractivity contribution is 9.10. The quantitative estimate of drug-likeness (QED) is 0.643. The standard InChI is InChI=1S/C16H12BrF3N2O/c1-23-12-5-2-10(3-6-12)9-22-14-8-11(17)4-7-13(14)15(21-22)16(18,19)20/h2-8H,9H2,1H3. The fourth-order valence-electron chi connectivity index (χ4n) is 2.38. The number of ether oxygens (including phenoxy) is 1. The molecule has 120 valence electrons. The second-order valence-corrected chi connectivity index (χ2v) is 5.93. The minimum absolute atomic E-state index is 0.0919. The van der Waals surface area contributed by atoms with Crippen molar-refractivity contribution in [2.75, 3.05) is 7.11 Å². The van der Waals surface area contributed by atoms with E-state index >= 15 is 0 Å². The van der Waals surface area contributed by atoms with Gasteiger partial charge in [0.05, 0.1) is 19.2 Å². The molecule has 0 aliphatic carbocycles. The fraction of sp³-hybridized carbons (Fsp3) is 0.188. The minimum Gasteiger partial charge on any atom is -0.497 e. The molecule has 3 rings (SSSR count). The van der Waals surface area contributed by atoms with Gasteiger partial charge in [-0.3, -0.25) is 4.68 Å². The van der Waals surface area contributed by atoms with E-state index in [2.05, 4.69) is 21.0 Å². The Morgan fingerprint density at radius 2 is 1.83 bits per heavy atom. The number of nitrogens with zero attached hydrogens (tertiary/aromatic N) is 2. The predicted molar refractivity (Wildman–Crippen MR) is 84.5 cm³/mol. The lowest BCUT2D eigenvalue weighted by atomic mass is 10.2. The minimum atomic E-state index is -4.49. The van der Waals surface area contributed by atoms with Crippen molar-refractivity contribution in [2.45, 2.75) is 12.7 Å². The van der Waals surface area contributed by atoms with Crippen LogP contribution in [0.4, 0.5) is 13.2 Å². The normalized spacial score (nSPS) is 11.9. The van der Waals surface area contributed by atoms with Gasteiger partial charge >= 0.3 is 6.18 Å². The average molecular weight is 385 g/mol. The zero-order chi connectivity index (χ0) is 16.6. The largest absolute Gasteiger partial charge is 0.497 e. The molecule has 0 aliphatic rings. The maximum atomic E-state index is 13.2. The number of hydrogen-bond acceptors (Lipinski definition) is 2. The molecule has 0 aliphatic heterocycles. The molecular formula is C16H12BrF3N2O. The molecule has 1 aromatic heterocycles. The first-order valence-corrected chi connectivity index (χ1v) is 7.54. The summed E-state index contributed by atoms with van der Waals surface area (Å²) in [7, 11) is 1.56. The molecule has 0 fully saturated rings. The summed E-state index contributed by atoms with van der Waals surface area (Å²) in [6, 6.07) is 11.8. The van der Waals surface area contributed by atoms with Crippen LogP contribution in [0.2, 0.25) is 0 Å². The fourth-order valence-corrected chi connectivity index (χ4v) is 2.73. The highest BCUT2D eigenvalue weighted by Gasteiger charge is 2.36.